The molecule has 0 amide bonds. The van der Waals surface area contributed by atoms with Crippen LogP contribution in [0.25, 0.3) is 10.9 Å². The highest BCUT2D eigenvalue weighted by Gasteiger charge is 2.35. The predicted molar refractivity (Wildman–Crippen MR) is 126 cm³/mol. The molecule has 0 saturated heterocycles. The third-order valence-electron chi connectivity index (χ3n) is 6.18. The van der Waals surface area contributed by atoms with Crippen molar-refractivity contribution in [1.29, 1.82) is 0 Å². The fraction of sp³-hybridized carbons (Fsp3) is 0.185. The van der Waals surface area contributed by atoms with E-state index < -0.39 is 18.1 Å². The lowest BCUT2D eigenvalue weighted by molar-refractivity contribution is -0.147. The summed E-state index contributed by atoms with van der Waals surface area (Å²) in [6.45, 7) is 0.189. The first-order valence-corrected chi connectivity index (χ1v) is 11.0. The van der Waals surface area contributed by atoms with Gasteiger partial charge in [0, 0.05) is 23.0 Å². The Bertz CT molecular complexity index is 1360. The van der Waals surface area contributed by atoms with Crippen LogP contribution in [0.3, 0.4) is 0 Å². The number of carbonyl (C=O) groups is 2. The minimum absolute atomic E-state index is 0.0632. The Kier molecular flexibility index (Phi) is 5.77. The summed E-state index contributed by atoms with van der Waals surface area (Å²) in [7, 11) is 1.27. The molecule has 3 N–H and O–H groups in total. The maximum Gasteiger partial charge on any atom is 0.341 e. The molecule has 172 valence electrons. The zero-order valence-electron chi connectivity index (χ0n) is 18.6. The molecule has 7 nitrogen and oxygen atoms in total. The topological polar surface area (TPSA) is 101 Å². The van der Waals surface area contributed by atoms with Crippen LogP contribution < -0.4 is 5.32 Å². The van der Waals surface area contributed by atoms with Crippen molar-refractivity contribution in [3.63, 3.8) is 0 Å². The van der Waals surface area contributed by atoms with Gasteiger partial charge in [-0.3, -0.25) is 10.1 Å². The number of hydrogen-bond acceptors (Lipinski definition) is 6. The van der Waals surface area contributed by atoms with Gasteiger partial charge >= 0.3 is 11.9 Å². The van der Waals surface area contributed by atoms with E-state index in [4.69, 9.17) is 9.47 Å². The normalized spacial score (nSPS) is 17.2. The maximum absolute atomic E-state index is 13.1. The van der Waals surface area contributed by atoms with E-state index in [9.17, 15) is 14.7 Å². The molecule has 0 radical (unpaired) electrons. The van der Waals surface area contributed by atoms with Crippen molar-refractivity contribution in [3.8, 4) is 5.75 Å². The lowest BCUT2D eigenvalue weighted by Crippen LogP contribution is -2.45. The summed E-state index contributed by atoms with van der Waals surface area (Å²) >= 11 is 0. The van der Waals surface area contributed by atoms with Crippen LogP contribution in [-0.2, 0) is 27.3 Å². The minimum Gasteiger partial charge on any atom is -0.507 e. The Morgan fingerprint density at radius 2 is 1.79 bits per heavy atom. The fourth-order valence-corrected chi connectivity index (χ4v) is 4.48. The van der Waals surface area contributed by atoms with E-state index in [1.54, 1.807) is 12.1 Å². The number of benzene rings is 3. The highest BCUT2D eigenvalue weighted by Crippen LogP contribution is 2.36. The van der Waals surface area contributed by atoms with E-state index in [0.717, 1.165) is 27.7 Å². The summed E-state index contributed by atoms with van der Waals surface area (Å²) < 4.78 is 10.4. The number of aromatic amines is 1. The van der Waals surface area contributed by atoms with Gasteiger partial charge in [0.05, 0.1) is 13.2 Å². The molecular formula is C27H24N2O5. The number of H-pyrrole nitrogens is 1. The van der Waals surface area contributed by atoms with Crippen LogP contribution >= 0.6 is 0 Å². The number of phenols is 1. The summed E-state index contributed by atoms with van der Waals surface area (Å²) in [5.74, 6) is -1.15. The molecular weight excluding hydrogens is 432 g/mol. The summed E-state index contributed by atoms with van der Waals surface area (Å²) in [6.07, 6.45) is 0.464. The Balaban J connectivity index is 1.51. The van der Waals surface area contributed by atoms with Crippen LogP contribution in [0.15, 0.2) is 72.8 Å². The van der Waals surface area contributed by atoms with Crippen molar-refractivity contribution >= 4 is 22.8 Å². The van der Waals surface area contributed by atoms with Gasteiger partial charge in [-0.1, -0.05) is 54.6 Å². The molecule has 0 aliphatic carbocycles. The molecule has 4 aromatic rings. The van der Waals surface area contributed by atoms with Gasteiger partial charge in [0.1, 0.15) is 24.0 Å². The van der Waals surface area contributed by atoms with Gasteiger partial charge in [0.2, 0.25) is 0 Å². The third kappa shape index (κ3) is 4.02. The molecule has 0 spiro atoms. The van der Waals surface area contributed by atoms with Crippen molar-refractivity contribution < 1.29 is 24.2 Å². The average Bonchev–Trinajstić information content (AvgIpc) is 3.26. The smallest absolute Gasteiger partial charge is 0.341 e. The molecule has 3 aromatic carbocycles. The lowest BCUT2D eigenvalue weighted by atomic mass is 9.89. The second-order valence-corrected chi connectivity index (χ2v) is 8.28. The summed E-state index contributed by atoms with van der Waals surface area (Å²) in [6, 6.07) is 21.2. The fourth-order valence-electron chi connectivity index (χ4n) is 4.48. The Hall–Kier alpha value is -4.10. The van der Waals surface area contributed by atoms with Gasteiger partial charge in [-0.2, -0.15) is 0 Å². The maximum atomic E-state index is 13.1. The van der Waals surface area contributed by atoms with Crippen LogP contribution in [0.5, 0.6) is 5.75 Å². The largest absolute Gasteiger partial charge is 0.507 e. The number of hydrogen-bond donors (Lipinski definition) is 3. The van der Waals surface area contributed by atoms with Crippen LogP contribution in [0, 0.1) is 0 Å². The Morgan fingerprint density at radius 3 is 2.59 bits per heavy atom. The van der Waals surface area contributed by atoms with Crippen LogP contribution in [0.2, 0.25) is 0 Å². The molecule has 1 aliphatic heterocycles. The molecule has 34 heavy (non-hydrogen) atoms. The lowest BCUT2D eigenvalue weighted by Gasteiger charge is -2.31. The first-order chi connectivity index (χ1) is 16.5. The van der Waals surface area contributed by atoms with Gasteiger partial charge in [-0.05, 0) is 34.9 Å². The molecule has 2 heterocycles. The van der Waals surface area contributed by atoms with Crippen molar-refractivity contribution in [2.45, 2.75) is 25.1 Å². The minimum atomic E-state index is -0.633. The number of ether oxygens (including phenoxy) is 2. The predicted octanol–water partition coefficient (Wildman–Crippen LogP) is 4.01. The van der Waals surface area contributed by atoms with Crippen molar-refractivity contribution in [2.24, 2.45) is 0 Å². The number of carbonyl (C=O) groups excluding carboxylic acids is 2. The Labute approximate surface area is 196 Å². The number of aromatic nitrogens is 1. The first kappa shape index (κ1) is 21.7. The second kappa shape index (κ2) is 9.03. The van der Waals surface area contributed by atoms with Gasteiger partial charge in [-0.25, -0.2) is 4.79 Å². The van der Waals surface area contributed by atoms with E-state index in [0.29, 0.717) is 12.0 Å². The van der Waals surface area contributed by atoms with Gasteiger partial charge in [-0.15, -0.1) is 0 Å². The molecule has 1 aromatic heterocycles. The Morgan fingerprint density at radius 1 is 1.03 bits per heavy atom. The van der Waals surface area contributed by atoms with E-state index in [1.165, 1.54) is 13.2 Å². The summed E-state index contributed by atoms with van der Waals surface area (Å²) in [5.41, 5.74) is 4.59. The monoisotopic (exact) mass is 456 g/mol. The van der Waals surface area contributed by atoms with Crippen LogP contribution in [-0.4, -0.2) is 35.2 Å². The first-order valence-electron chi connectivity index (χ1n) is 11.0. The molecule has 0 saturated carbocycles. The SMILES string of the molecule is COC(=O)c1cc(C2NC(C(=O)OCc3ccccc3)Cc3c2[nH]c2ccccc32)ccc1O. The zero-order valence-corrected chi connectivity index (χ0v) is 18.6. The standard InChI is InChI=1S/C27H24N2O5/c1-33-26(31)20-13-17(11-12-23(20)30)24-25-19(18-9-5-6-10-21(18)28-25)14-22(29-24)27(32)34-15-16-7-3-2-4-8-16/h2-13,22,24,28-30H,14-15H2,1H3. The highest BCUT2D eigenvalue weighted by molar-refractivity contribution is 5.93. The van der Waals surface area contributed by atoms with E-state index in [-0.39, 0.29) is 23.9 Å². The number of fused-ring (bicyclic) bond motifs is 3. The number of methoxy groups -OCH3 is 1. The molecule has 5 rings (SSSR count). The molecule has 7 heteroatoms. The number of phenolic OH excluding ortho intramolecular Hbond substituents is 1. The molecule has 0 bridgehead atoms. The van der Waals surface area contributed by atoms with Gasteiger partial charge in [0.15, 0.2) is 0 Å². The summed E-state index contributed by atoms with van der Waals surface area (Å²) in [4.78, 5) is 28.7. The van der Waals surface area contributed by atoms with E-state index in [2.05, 4.69) is 10.3 Å². The number of nitrogens with one attached hydrogen (secondary N) is 2. The van der Waals surface area contributed by atoms with Crippen LogP contribution in [0.1, 0.15) is 38.8 Å². The number of rotatable bonds is 5. The van der Waals surface area contributed by atoms with Crippen molar-refractivity contribution in [2.75, 3.05) is 7.11 Å². The van der Waals surface area contributed by atoms with Crippen molar-refractivity contribution in [1.82, 2.24) is 10.3 Å². The number of esters is 2. The van der Waals surface area contributed by atoms with Crippen LogP contribution in [0.4, 0.5) is 0 Å². The molecule has 2 atom stereocenters. The molecule has 2 unspecified atom stereocenters. The second-order valence-electron chi connectivity index (χ2n) is 8.28. The quantitative estimate of drug-likeness (QED) is 0.393. The van der Waals surface area contributed by atoms with E-state index in [1.807, 2.05) is 54.6 Å². The zero-order chi connectivity index (χ0) is 23.7. The third-order valence-corrected chi connectivity index (χ3v) is 6.18. The van der Waals surface area contributed by atoms with E-state index >= 15 is 0 Å². The molecule has 1 aliphatic rings. The average molecular weight is 456 g/mol. The highest BCUT2D eigenvalue weighted by atomic mass is 16.5. The van der Waals surface area contributed by atoms with Gasteiger partial charge < -0.3 is 19.6 Å². The molecule has 0 fully saturated rings. The number of aromatic hydroxyl groups is 1. The summed E-state index contributed by atoms with van der Waals surface area (Å²) in [5, 5.41) is 14.6. The van der Waals surface area contributed by atoms with Crippen molar-refractivity contribution in [3.05, 3.63) is 101 Å². The number of para-hydroxylation sites is 1. The van der Waals surface area contributed by atoms with Gasteiger partial charge in [0.25, 0.3) is 0 Å².